The quantitative estimate of drug-likeness (QED) is 0.168. The molecule has 0 aromatic heterocycles. The number of ether oxygens (including phenoxy) is 4. The molecule has 0 spiro atoms. The minimum Gasteiger partial charge on any atom is -0.496 e. The Bertz CT molecular complexity index is 4260. The molecule has 0 unspecified atom stereocenters. The Balaban J connectivity index is 0.978. The molecule has 12 aromatic carbocycles. The van der Waals surface area contributed by atoms with Crippen molar-refractivity contribution in [1.82, 2.24) is 0 Å². The molecule has 15 rings (SSSR count). The van der Waals surface area contributed by atoms with Crippen molar-refractivity contribution in [2.45, 2.75) is 124 Å². The molecular formula is C80H60O4S10. The molecule has 0 saturated heterocycles. The van der Waals surface area contributed by atoms with E-state index >= 15 is 0 Å². The number of methoxy groups -OCH3 is 4. The van der Waals surface area contributed by atoms with E-state index in [1.165, 1.54) is 78.3 Å². The van der Waals surface area contributed by atoms with E-state index in [2.05, 4.69) is 243 Å². The average Bonchev–Trinajstić information content (AvgIpc) is 0.878. The van der Waals surface area contributed by atoms with Crippen molar-refractivity contribution in [3.8, 4) is 23.0 Å². The van der Waals surface area contributed by atoms with Crippen LogP contribution < -0.4 is 18.9 Å². The highest BCUT2D eigenvalue weighted by atomic mass is 32.2. The third kappa shape index (κ3) is 13.9. The molecular weight excluding hydrogens is 1350 g/mol. The number of benzene rings is 12. The largest absolute Gasteiger partial charge is 0.496 e. The highest BCUT2D eigenvalue weighted by Gasteiger charge is 2.27. The molecule has 0 N–H and O–H groups in total. The third-order valence-corrected chi connectivity index (χ3v) is 28.4. The van der Waals surface area contributed by atoms with Crippen molar-refractivity contribution in [2.75, 3.05) is 28.4 Å². The fraction of sp³-hybridized carbons (Fsp3) is 0.100. The summed E-state index contributed by atoms with van der Waals surface area (Å²) in [6.45, 7) is 0. The lowest BCUT2D eigenvalue weighted by molar-refractivity contribution is 0.395. The first-order valence-electron chi connectivity index (χ1n) is 30.6. The van der Waals surface area contributed by atoms with E-state index in [0.29, 0.717) is 25.7 Å². The van der Waals surface area contributed by atoms with Crippen LogP contribution in [0.25, 0.3) is 0 Å². The van der Waals surface area contributed by atoms with Crippen LogP contribution in [0, 0.1) is 0 Å². The summed E-state index contributed by atoms with van der Waals surface area (Å²) in [7, 11) is 7.31. The lowest BCUT2D eigenvalue weighted by atomic mass is 9.91. The summed E-state index contributed by atoms with van der Waals surface area (Å²) in [6, 6.07) is 89.5. The van der Waals surface area contributed by atoms with E-state index in [0.717, 1.165) is 87.1 Å². The minimum atomic E-state index is 0.527. The minimum absolute atomic E-state index is 0.527. The number of fused-ring (bicyclic) bond motifs is 16. The molecule has 2 aliphatic heterocycles. The van der Waals surface area contributed by atoms with Gasteiger partial charge in [0.1, 0.15) is 23.0 Å². The van der Waals surface area contributed by atoms with Gasteiger partial charge in [0.2, 0.25) is 0 Å². The third-order valence-electron chi connectivity index (χ3n) is 16.2. The van der Waals surface area contributed by atoms with Gasteiger partial charge in [-0.05, 0) is 146 Å². The molecule has 94 heavy (non-hydrogen) atoms. The Morgan fingerprint density at radius 3 is 0.415 bits per heavy atom. The summed E-state index contributed by atoms with van der Waals surface area (Å²) in [5.74, 6) is 3.38. The Kier molecular flexibility index (Phi) is 19.5. The summed E-state index contributed by atoms with van der Waals surface area (Å²) < 4.78 is 27.1. The fourth-order valence-electron chi connectivity index (χ4n) is 12.2. The van der Waals surface area contributed by atoms with Crippen LogP contribution in [0.5, 0.6) is 23.0 Å². The maximum Gasteiger partial charge on any atom is 0.125 e. The van der Waals surface area contributed by atoms with Crippen LogP contribution in [-0.2, 0) is 25.7 Å². The van der Waals surface area contributed by atoms with E-state index in [-0.39, 0.29) is 0 Å². The molecule has 14 heteroatoms. The van der Waals surface area contributed by atoms with Gasteiger partial charge in [-0.15, -0.1) is 0 Å². The van der Waals surface area contributed by atoms with Crippen molar-refractivity contribution in [3.05, 3.63) is 287 Å². The van der Waals surface area contributed by atoms with Crippen molar-refractivity contribution < 1.29 is 18.9 Å². The monoisotopic (exact) mass is 1400 g/mol. The predicted molar refractivity (Wildman–Crippen MR) is 396 cm³/mol. The summed E-state index contributed by atoms with van der Waals surface area (Å²) in [5, 5.41) is 0. The van der Waals surface area contributed by atoms with Crippen molar-refractivity contribution in [2.24, 2.45) is 0 Å². The first kappa shape index (κ1) is 63.4. The number of hydrogen-bond acceptors (Lipinski definition) is 14. The van der Waals surface area contributed by atoms with Gasteiger partial charge in [0.25, 0.3) is 0 Å². The molecule has 4 nitrogen and oxygen atoms in total. The Morgan fingerprint density at radius 1 is 0.181 bits per heavy atom. The summed E-state index contributed by atoms with van der Waals surface area (Å²) in [5.41, 5.74) is 8.51. The zero-order chi connectivity index (χ0) is 63.5. The molecule has 464 valence electrons. The first-order chi connectivity index (χ1) is 46.3. The standard InChI is InChI=1S/C80H60O4S10/c1-81-77-49-37-50-42-58-47-55(78(50)82-2)40-56-48-60-44-52(80(56)84-4)38-51-43-59(87-63-23-7-11-27-67(63)91-71-31-15-19-35-75(71)94-76-36-20-16-32-72(76)92-68-28-12-8-24-64(68)88-60)46-54(79(51)83-3)39-53(77)45-57(41-49)85-61-21-5-9-25-65(61)89-69-29-13-17-33-73(69)93-74-34-18-14-30-70(74)90-66-26-10-6-22-62(66)86-58/h5-36,41-48H,37-40H2,1-4H3. The topological polar surface area (TPSA) is 36.9 Å². The molecule has 2 heterocycles. The van der Waals surface area contributed by atoms with Crippen LogP contribution in [-0.4, -0.2) is 28.4 Å². The van der Waals surface area contributed by atoms with Crippen molar-refractivity contribution >= 4 is 118 Å². The second-order valence-corrected chi connectivity index (χ2v) is 33.4. The van der Waals surface area contributed by atoms with Crippen LogP contribution in [0.3, 0.4) is 0 Å². The SMILES string of the molecule is COc1c2cc3cc1Cc1cc4cc(c1OC)Cc1cc(cc(c1OC)Cc1cc(cc(c1OC)C2)Sc1ccccc1Sc1ccccc1Sc1ccccc1Sc1ccccc1S3)Sc1ccccc1Sc1ccccc1Sc1ccccc1Sc1ccccc1S4. The van der Waals surface area contributed by atoms with E-state index in [4.69, 9.17) is 18.9 Å². The van der Waals surface area contributed by atoms with Gasteiger partial charge in [0.05, 0.1) is 28.4 Å². The van der Waals surface area contributed by atoms with Crippen molar-refractivity contribution in [1.29, 1.82) is 0 Å². The zero-order valence-corrected chi connectivity index (χ0v) is 59.8. The average molecular weight is 1410 g/mol. The fourth-order valence-corrected chi connectivity index (χ4v) is 23.3. The molecule has 12 bridgehead atoms. The first-order valence-corrected chi connectivity index (χ1v) is 38.8. The van der Waals surface area contributed by atoms with Crippen LogP contribution in [0.1, 0.15) is 44.5 Å². The van der Waals surface area contributed by atoms with Gasteiger partial charge in [0, 0.05) is 168 Å². The van der Waals surface area contributed by atoms with Crippen LogP contribution in [0.4, 0.5) is 0 Å². The van der Waals surface area contributed by atoms with Gasteiger partial charge < -0.3 is 18.9 Å². The summed E-state index contributed by atoms with van der Waals surface area (Å²) in [6.07, 6.45) is 2.12. The predicted octanol–water partition coefficient (Wildman–Crippen LogP) is 24.5. The Labute approximate surface area is 593 Å². The smallest absolute Gasteiger partial charge is 0.125 e. The lowest BCUT2D eigenvalue weighted by Gasteiger charge is -2.23. The highest BCUT2D eigenvalue weighted by molar-refractivity contribution is 8.06. The highest BCUT2D eigenvalue weighted by Crippen LogP contribution is 2.53. The maximum absolute atomic E-state index is 6.79. The molecule has 12 aromatic rings. The van der Waals surface area contributed by atoms with E-state index in [1.807, 2.05) is 99.0 Å². The van der Waals surface area contributed by atoms with Crippen LogP contribution in [0.2, 0.25) is 0 Å². The Hall–Kier alpha value is -6.66. The van der Waals surface area contributed by atoms with Gasteiger partial charge in [-0.1, -0.05) is 215 Å². The number of rotatable bonds is 4. The second kappa shape index (κ2) is 29.0. The molecule has 0 radical (unpaired) electrons. The normalized spacial score (nSPS) is 13.6. The molecule has 0 amide bonds. The van der Waals surface area contributed by atoms with Gasteiger partial charge in [-0.2, -0.15) is 0 Å². The van der Waals surface area contributed by atoms with E-state index < -0.39 is 0 Å². The molecule has 3 aliphatic rings. The van der Waals surface area contributed by atoms with Gasteiger partial charge >= 0.3 is 0 Å². The summed E-state index contributed by atoms with van der Waals surface area (Å²) in [4.78, 5) is 23.5. The van der Waals surface area contributed by atoms with Gasteiger partial charge in [0.15, 0.2) is 0 Å². The Morgan fingerprint density at radius 2 is 0.298 bits per heavy atom. The van der Waals surface area contributed by atoms with Crippen LogP contribution in [0.15, 0.2) is 341 Å². The van der Waals surface area contributed by atoms with Crippen LogP contribution >= 0.6 is 118 Å². The van der Waals surface area contributed by atoms with Gasteiger partial charge in [-0.3, -0.25) is 0 Å². The molecule has 0 atom stereocenters. The molecule has 0 saturated carbocycles. The summed E-state index contributed by atoms with van der Waals surface area (Å²) >= 11 is 18.2. The zero-order valence-electron chi connectivity index (χ0n) is 51.6. The second-order valence-electron chi connectivity index (χ2n) is 22.4. The molecule has 1 aliphatic carbocycles. The number of hydrogen-bond donors (Lipinski definition) is 0. The van der Waals surface area contributed by atoms with Crippen molar-refractivity contribution in [3.63, 3.8) is 0 Å². The van der Waals surface area contributed by atoms with E-state index in [1.54, 1.807) is 47.0 Å². The van der Waals surface area contributed by atoms with Gasteiger partial charge in [-0.25, -0.2) is 0 Å². The maximum atomic E-state index is 6.79. The lowest BCUT2D eigenvalue weighted by Crippen LogP contribution is -2.07. The van der Waals surface area contributed by atoms with E-state index in [9.17, 15) is 0 Å². The molecule has 0 fully saturated rings.